The van der Waals surface area contributed by atoms with E-state index in [1.807, 2.05) is 12.1 Å². The largest absolute Gasteiger partial charge is 0.490 e. The van der Waals surface area contributed by atoms with E-state index in [-0.39, 0.29) is 0 Å². The van der Waals surface area contributed by atoms with E-state index in [0.29, 0.717) is 19.8 Å². The zero-order chi connectivity index (χ0) is 18.9. The van der Waals surface area contributed by atoms with E-state index in [9.17, 15) is 0 Å². The van der Waals surface area contributed by atoms with Crippen molar-refractivity contribution in [3.05, 3.63) is 23.8 Å². The molecule has 6 nitrogen and oxygen atoms in total. The van der Waals surface area contributed by atoms with E-state index in [2.05, 4.69) is 30.3 Å². The molecule has 1 saturated heterocycles. The molecule has 0 saturated carbocycles. The molecule has 2 aliphatic rings. The number of aliphatic imine (C=N–C) groups is 1. The van der Waals surface area contributed by atoms with Crippen LogP contribution in [0.4, 0.5) is 0 Å². The Balaban J connectivity index is 1.63. The maximum Gasteiger partial charge on any atom is 0.193 e. The lowest BCUT2D eigenvalue weighted by molar-refractivity contribution is 0.0625. The summed E-state index contributed by atoms with van der Waals surface area (Å²) in [7, 11) is 2.12. The van der Waals surface area contributed by atoms with Gasteiger partial charge in [-0.1, -0.05) is 12.1 Å². The summed E-state index contributed by atoms with van der Waals surface area (Å²) in [4.78, 5) is 7.09. The van der Waals surface area contributed by atoms with Crippen LogP contribution in [0.15, 0.2) is 23.2 Å². The summed E-state index contributed by atoms with van der Waals surface area (Å²) < 4.78 is 17.2. The molecule has 2 aliphatic heterocycles. The molecule has 6 heteroatoms. The highest BCUT2D eigenvalue weighted by Crippen LogP contribution is 2.33. The van der Waals surface area contributed by atoms with Gasteiger partial charge < -0.3 is 24.4 Å². The summed E-state index contributed by atoms with van der Waals surface area (Å²) in [5.74, 6) is 3.38. The molecule has 150 valence electrons. The number of hydrogen-bond acceptors (Lipinski definition) is 4. The van der Waals surface area contributed by atoms with Gasteiger partial charge in [-0.25, -0.2) is 4.99 Å². The highest BCUT2D eigenvalue weighted by Gasteiger charge is 2.17. The molecule has 27 heavy (non-hydrogen) atoms. The third-order valence-corrected chi connectivity index (χ3v) is 5.16. The van der Waals surface area contributed by atoms with E-state index < -0.39 is 0 Å². The first-order valence-corrected chi connectivity index (χ1v) is 10.2. The van der Waals surface area contributed by atoms with Crippen molar-refractivity contribution >= 4 is 5.96 Å². The molecular formula is C21H33N3O3. The van der Waals surface area contributed by atoms with Gasteiger partial charge in [-0.05, 0) is 38.2 Å². The molecule has 1 aromatic rings. The lowest BCUT2D eigenvalue weighted by Crippen LogP contribution is -2.40. The van der Waals surface area contributed by atoms with Crippen molar-refractivity contribution in [2.24, 2.45) is 10.9 Å². The molecule has 0 atom stereocenters. The SMILES string of the molecule is CCNC(=NCc1cccc2c1OCCCO2)N(C)CCC1CCOCC1. The second kappa shape index (κ2) is 10.4. The highest BCUT2D eigenvalue weighted by molar-refractivity contribution is 5.79. The molecule has 0 unspecified atom stereocenters. The van der Waals surface area contributed by atoms with Crippen LogP contribution in [-0.4, -0.2) is 57.4 Å². The topological polar surface area (TPSA) is 55.3 Å². The Kier molecular flexibility index (Phi) is 7.63. The molecule has 0 aliphatic carbocycles. The first-order valence-electron chi connectivity index (χ1n) is 10.2. The molecule has 3 rings (SSSR count). The first-order chi connectivity index (χ1) is 13.3. The molecule has 0 aromatic heterocycles. The van der Waals surface area contributed by atoms with Crippen molar-refractivity contribution in [1.29, 1.82) is 0 Å². The Bertz CT molecular complexity index is 615. The number of rotatable bonds is 6. The van der Waals surface area contributed by atoms with Crippen LogP contribution < -0.4 is 14.8 Å². The Hall–Kier alpha value is -1.95. The maximum absolute atomic E-state index is 5.92. The van der Waals surface area contributed by atoms with Gasteiger partial charge in [0, 0.05) is 45.3 Å². The van der Waals surface area contributed by atoms with Crippen molar-refractivity contribution in [1.82, 2.24) is 10.2 Å². The third kappa shape index (κ3) is 5.76. The fourth-order valence-corrected chi connectivity index (χ4v) is 3.53. The fourth-order valence-electron chi connectivity index (χ4n) is 3.53. The molecule has 0 spiro atoms. The summed E-state index contributed by atoms with van der Waals surface area (Å²) in [6.07, 6.45) is 4.45. The van der Waals surface area contributed by atoms with Crippen LogP contribution >= 0.6 is 0 Å². The van der Waals surface area contributed by atoms with Crippen molar-refractivity contribution in [3.8, 4) is 11.5 Å². The highest BCUT2D eigenvalue weighted by atomic mass is 16.5. The van der Waals surface area contributed by atoms with Crippen molar-refractivity contribution < 1.29 is 14.2 Å². The van der Waals surface area contributed by atoms with Gasteiger partial charge in [0.1, 0.15) is 0 Å². The van der Waals surface area contributed by atoms with Gasteiger partial charge in [0.15, 0.2) is 17.5 Å². The molecule has 1 N–H and O–H groups in total. The summed E-state index contributed by atoms with van der Waals surface area (Å²) in [6.45, 7) is 7.75. The molecule has 0 bridgehead atoms. The predicted molar refractivity (Wildman–Crippen MR) is 108 cm³/mol. The van der Waals surface area contributed by atoms with Crippen LogP contribution in [0.3, 0.4) is 0 Å². The summed E-state index contributed by atoms with van der Waals surface area (Å²) in [5, 5.41) is 3.41. The average Bonchev–Trinajstić information content (AvgIpc) is 2.96. The monoisotopic (exact) mass is 375 g/mol. The molecular weight excluding hydrogens is 342 g/mol. The van der Waals surface area contributed by atoms with Crippen LogP contribution in [0, 0.1) is 5.92 Å². The van der Waals surface area contributed by atoms with Crippen LogP contribution in [0.1, 0.15) is 38.2 Å². The second-order valence-electron chi connectivity index (χ2n) is 7.23. The van der Waals surface area contributed by atoms with E-state index in [0.717, 1.165) is 61.7 Å². The predicted octanol–water partition coefficient (Wildman–Crippen LogP) is 3.06. The summed E-state index contributed by atoms with van der Waals surface area (Å²) in [6, 6.07) is 6.06. The van der Waals surface area contributed by atoms with Crippen molar-refractivity contribution in [2.75, 3.05) is 46.6 Å². The van der Waals surface area contributed by atoms with Gasteiger partial charge in [0.2, 0.25) is 0 Å². The number of nitrogens with zero attached hydrogens (tertiary/aromatic N) is 2. The van der Waals surface area contributed by atoms with E-state index in [1.54, 1.807) is 0 Å². The van der Waals surface area contributed by atoms with Crippen molar-refractivity contribution in [2.45, 2.75) is 39.2 Å². The van der Waals surface area contributed by atoms with Gasteiger partial charge in [-0.2, -0.15) is 0 Å². The van der Waals surface area contributed by atoms with Crippen LogP contribution in [-0.2, 0) is 11.3 Å². The molecule has 0 amide bonds. The number of guanidine groups is 1. The van der Waals surface area contributed by atoms with E-state index >= 15 is 0 Å². The minimum atomic E-state index is 0.580. The number of benzene rings is 1. The number of para-hydroxylation sites is 1. The third-order valence-electron chi connectivity index (χ3n) is 5.16. The Morgan fingerprint density at radius 3 is 2.81 bits per heavy atom. The molecule has 1 fully saturated rings. The summed E-state index contributed by atoms with van der Waals surface area (Å²) in [5.41, 5.74) is 1.07. The van der Waals surface area contributed by atoms with E-state index in [4.69, 9.17) is 19.2 Å². The zero-order valence-electron chi connectivity index (χ0n) is 16.7. The standard InChI is InChI=1S/C21H33N3O3/c1-3-22-21(24(2)11-8-17-9-14-25-15-10-17)23-16-18-6-4-7-19-20(18)27-13-5-12-26-19/h4,6-7,17H,3,5,8-16H2,1-2H3,(H,22,23). The normalized spacial score (nSPS) is 18.1. The van der Waals surface area contributed by atoms with E-state index in [1.165, 1.54) is 19.3 Å². The van der Waals surface area contributed by atoms with Crippen LogP contribution in [0.25, 0.3) is 0 Å². The van der Waals surface area contributed by atoms with Gasteiger partial charge in [0.25, 0.3) is 0 Å². The van der Waals surface area contributed by atoms with Gasteiger partial charge in [-0.15, -0.1) is 0 Å². The van der Waals surface area contributed by atoms with Gasteiger partial charge in [0.05, 0.1) is 19.8 Å². The lowest BCUT2D eigenvalue weighted by atomic mass is 9.96. The van der Waals surface area contributed by atoms with Crippen LogP contribution in [0.5, 0.6) is 11.5 Å². The molecule has 0 radical (unpaired) electrons. The average molecular weight is 376 g/mol. The first kappa shape index (κ1) is 19.8. The quantitative estimate of drug-likeness (QED) is 0.612. The smallest absolute Gasteiger partial charge is 0.193 e. The Labute approximate surface area is 162 Å². The fraction of sp³-hybridized carbons (Fsp3) is 0.667. The maximum atomic E-state index is 5.92. The van der Waals surface area contributed by atoms with Gasteiger partial charge >= 0.3 is 0 Å². The minimum Gasteiger partial charge on any atom is -0.490 e. The van der Waals surface area contributed by atoms with Gasteiger partial charge in [-0.3, -0.25) is 0 Å². The number of hydrogen-bond donors (Lipinski definition) is 1. The lowest BCUT2D eigenvalue weighted by Gasteiger charge is -2.27. The number of fused-ring (bicyclic) bond motifs is 1. The number of ether oxygens (including phenoxy) is 3. The second-order valence-corrected chi connectivity index (χ2v) is 7.23. The zero-order valence-corrected chi connectivity index (χ0v) is 16.7. The molecule has 1 aromatic carbocycles. The Morgan fingerprint density at radius 1 is 1.19 bits per heavy atom. The number of nitrogens with one attached hydrogen (secondary N) is 1. The summed E-state index contributed by atoms with van der Waals surface area (Å²) >= 11 is 0. The Morgan fingerprint density at radius 2 is 2.00 bits per heavy atom. The molecule has 2 heterocycles. The minimum absolute atomic E-state index is 0.580. The van der Waals surface area contributed by atoms with Crippen LogP contribution in [0.2, 0.25) is 0 Å². The van der Waals surface area contributed by atoms with Crippen molar-refractivity contribution in [3.63, 3.8) is 0 Å².